The van der Waals surface area contributed by atoms with Crippen molar-refractivity contribution in [1.82, 2.24) is 5.32 Å². The Bertz CT molecular complexity index is 765. The Morgan fingerprint density at radius 1 is 1.26 bits per heavy atom. The summed E-state index contributed by atoms with van der Waals surface area (Å²) in [7, 11) is 0. The maximum absolute atomic E-state index is 13.3. The zero-order valence-electron chi connectivity index (χ0n) is 13.2. The molecule has 124 valence electrons. The van der Waals surface area contributed by atoms with Crippen LogP contribution in [0.1, 0.15) is 20.8 Å². The molecule has 1 aromatic carbocycles. The number of anilines is 1. The summed E-state index contributed by atoms with van der Waals surface area (Å²) < 4.78 is 23.5. The lowest BCUT2D eigenvalue weighted by molar-refractivity contribution is 0.0530. The van der Waals surface area contributed by atoms with Gasteiger partial charge in [-0.3, -0.25) is 0 Å². The smallest absolute Gasteiger partial charge is 0.407 e. The Morgan fingerprint density at radius 2 is 2.00 bits per heavy atom. The largest absolute Gasteiger partial charge is 0.444 e. The Morgan fingerprint density at radius 3 is 2.70 bits per heavy atom. The second kappa shape index (κ2) is 6.68. The van der Waals surface area contributed by atoms with E-state index in [-0.39, 0.29) is 6.54 Å². The van der Waals surface area contributed by atoms with Gasteiger partial charge >= 0.3 is 11.7 Å². The van der Waals surface area contributed by atoms with Crippen molar-refractivity contribution in [2.24, 2.45) is 0 Å². The quantitative estimate of drug-likeness (QED) is 0.668. The number of carbonyl (C=O) groups excluding carboxylic acids is 1. The number of fused-ring (bicyclic) bond motifs is 1. The van der Waals surface area contributed by atoms with E-state index in [1.54, 1.807) is 20.8 Å². The molecule has 0 atom stereocenters. The molecule has 2 rings (SSSR count). The highest BCUT2D eigenvalue weighted by molar-refractivity contribution is 5.89. The number of hydrogen-bond donors (Lipinski definition) is 2. The molecule has 1 aromatic heterocycles. The minimum absolute atomic E-state index is 0.284. The molecule has 23 heavy (non-hydrogen) atoms. The lowest BCUT2D eigenvalue weighted by Gasteiger charge is -2.19. The van der Waals surface area contributed by atoms with Crippen LogP contribution >= 0.6 is 0 Å². The van der Waals surface area contributed by atoms with Crippen molar-refractivity contribution in [1.29, 1.82) is 0 Å². The van der Waals surface area contributed by atoms with Crippen molar-refractivity contribution >= 4 is 22.7 Å². The summed E-state index contributed by atoms with van der Waals surface area (Å²) in [6, 6.07) is 5.15. The van der Waals surface area contributed by atoms with Crippen molar-refractivity contribution in [3.8, 4) is 0 Å². The van der Waals surface area contributed by atoms with Crippen molar-refractivity contribution in [2.45, 2.75) is 26.4 Å². The van der Waals surface area contributed by atoms with Crippen LogP contribution in [-0.2, 0) is 4.74 Å². The molecule has 0 aliphatic rings. The fraction of sp³-hybridized carbons (Fsp3) is 0.375. The van der Waals surface area contributed by atoms with Crippen LogP contribution in [0.2, 0.25) is 0 Å². The lowest BCUT2D eigenvalue weighted by Crippen LogP contribution is -2.35. The van der Waals surface area contributed by atoms with E-state index in [4.69, 9.17) is 9.15 Å². The number of benzene rings is 1. The molecule has 7 heteroatoms. The normalized spacial score (nSPS) is 11.3. The predicted molar refractivity (Wildman–Crippen MR) is 85.2 cm³/mol. The van der Waals surface area contributed by atoms with E-state index in [1.165, 1.54) is 24.3 Å². The molecule has 0 unspecified atom stereocenters. The van der Waals surface area contributed by atoms with E-state index in [2.05, 4.69) is 10.6 Å². The van der Waals surface area contributed by atoms with Gasteiger partial charge in [-0.1, -0.05) is 0 Å². The van der Waals surface area contributed by atoms with Crippen LogP contribution in [0.15, 0.2) is 33.5 Å². The maximum Gasteiger partial charge on any atom is 0.407 e. The van der Waals surface area contributed by atoms with Gasteiger partial charge in [-0.05, 0) is 39.0 Å². The van der Waals surface area contributed by atoms with Gasteiger partial charge in [-0.15, -0.1) is 0 Å². The van der Waals surface area contributed by atoms with Crippen LogP contribution in [0.3, 0.4) is 0 Å². The summed E-state index contributed by atoms with van der Waals surface area (Å²) in [5.74, 6) is -0.429. The van der Waals surface area contributed by atoms with Crippen molar-refractivity contribution < 1.29 is 18.3 Å². The van der Waals surface area contributed by atoms with Crippen LogP contribution in [0.5, 0.6) is 0 Å². The number of alkyl carbamates (subject to hydrolysis) is 1. The first-order chi connectivity index (χ1) is 10.7. The molecule has 0 aliphatic carbocycles. The third-order valence-corrected chi connectivity index (χ3v) is 2.81. The van der Waals surface area contributed by atoms with Crippen LogP contribution in [0, 0.1) is 5.82 Å². The third kappa shape index (κ3) is 4.98. The Kier molecular flexibility index (Phi) is 4.88. The molecule has 0 fully saturated rings. The summed E-state index contributed by atoms with van der Waals surface area (Å²) in [5.41, 5.74) is -0.362. The SMILES string of the molecule is CC(C)(C)OC(=O)NCCNc1cc(=O)oc2ccc(F)cc12. The Labute approximate surface area is 132 Å². The van der Waals surface area contributed by atoms with Crippen molar-refractivity contribution in [2.75, 3.05) is 18.4 Å². The Hall–Kier alpha value is -2.57. The van der Waals surface area contributed by atoms with Gasteiger partial charge in [0.1, 0.15) is 17.0 Å². The minimum Gasteiger partial charge on any atom is -0.444 e. The van der Waals surface area contributed by atoms with Crippen molar-refractivity contribution in [3.05, 3.63) is 40.5 Å². The monoisotopic (exact) mass is 322 g/mol. The van der Waals surface area contributed by atoms with Gasteiger partial charge in [0.05, 0.1) is 5.69 Å². The van der Waals surface area contributed by atoms with E-state index < -0.39 is 23.1 Å². The molecule has 1 amide bonds. The highest BCUT2D eigenvalue weighted by Crippen LogP contribution is 2.22. The number of amides is 1. The summed E-state index contributed by atoms with van der Waals surface area (Å²) in [6.45, 7) is 5.94. The predicted octanol–water partition coefficient (Wildman–Crippen LogP) is 2.87. The van der Waals surface area contributed by atoms with E-state index >= 15 is 0 Å². The van der Waals surface area contributed by atoms with Crippen molar-refractivity contribution in [3.63, 3.8) is 0 Å². The molecule has 2 aromatic rings. The fourth-order valence-corrected chi connectivity index (χ4v) is 1.96. The average Bonchev–Trinajstić information content (AvgIpc) is 2.42. The number of nitrogens with one attached hydrogen (secondary N) is 2. The van der Waals surface area contributed by atoms with Gasteiger partial charge in [0, 0.05) is 24.5 Å². The zero-order valence-corrected chi connectivity index (χ0v) is 13.2. The van der Waals surface area contributed by atoms with Crippen LogP contribution < -0.4 is 16.3 Å². The number of hydrogen-bond acceptors (Lipinski definition) is 5. The zero-order chi connectivity index (χ0) is 17.0. The average molecular weight is 322 g/mol. The van der Waals surface area contributed by atoms with Gasteiger partial charge in [-0.25, -0.2) is 14.0 Å². The number of carbonyl (C=O) groups is 1. The highest BCUT2D eigenvalue weighted by atomic mass is 19.1. The van der Waals surface area contributed by atoms with Gasteiger partial charge in [0.2, 0.25) is 0 Å². The summed E-state index contributed by atoms with van der Waals surface area (Å²) in [6.07, 6.45) is -0.525. The van der Waals surface area contributed by atoms with Gasteiger partial charge in [0.25, 0.3) is 0 Å². The van der Waals surface area contributed by atoms with E-state index in [0.29, 0.717) is 23.2 Å². The van der Waals surface area contributed by atoms with E-state index in [0.717, 1.165) is 0 Å². The van der Waals surface area contributed by atoms with E-state index in [9.17, 15) is 14.0 Å². The topological polar surface area (TPSA) is 80.6 Å². The number of rotatable bonds is 4. The maximum atomic E-state index is 13.3. The first-order valence-corrected chi connectivity index (χ1v) is 7.19. The molecule has 0 aliphatic heterocycles. The third-order valence-electron chi connectivity index (χ3n) is 2.81. The minimum atomic E-state index is -0.566. The summed E-state index contributed by atoms with van der Waals surface area (Å²) in [4.78, 5) is 23.0. The van der Waals surface area contributed by atoms with Gasteiger partial charge in [0.15, 0.2) is 0 Å². The van der Waals surface area contributed by atoms with Crippen LogP contribution in [0.25, 0.3) is 11.0 Å². The molecule has 1 heterocycles. The van der Waals surface area contributed by atoms with Crippen LogP contribution in [0.4, 0.5) is 14.9 Å². The molecule has 0 saturated heterocycles. The molecule has 2 N–H and O–H groups in total. The number of ether oxygens (including phenoxy) is 1. The molecular weight excluding hydrogens is 303 g/mol. The van der Waals surface area contributed by atoms with Gasteiger partial charge < -0.3 is 19.8 Å². The first-order valence-electron chi connectivity index (χ1n) is 7.19. The number of halogens is 1. The van der Waals surface area contributed by atoms with Gasteiger partial charge in [-0.2, -0.15) is 0 Å². The molecule has 0 spiro atoms. The lowest BCUT2D eigenvalue weighted by atomic mass is 10.2. The molecule has 6 nitrogen and oxygen atoms in total. The van der Waals surface area contributed by atoms with Crippen LogP contribution in [-0.4, -0.2) is 24.8 Å². The van der Waals surface area contributed by atoms with E-state index in [1.807, 2.05) is 0 Å². The first kappa shape index (κ1) is 16.8. The highest BCUT2D eigenvalue weighted by Gasteiger charge is 2.15. The molecule has 0 radical (unpaired) electrons. The summed E-state index contributed by atoms with van der Waals surface area (Å²) in [5, 5.41) is 6.02. The summed E-state index contributed by atoms with van der Waals surface area (Å²) >= 11 is 0. The molecular formula is C16H19FN2O4. The second-order valence-electron chi connectivity index (χ2n) is 5.98. The molecule has 0 bridgehead atoms. The Balaban J connectivity index is 1.98. The second-order valence-corrected chi connectivity index (χ2v) is 5.98. The standard InChI is InChI=1S/C16H19FN2O4/c1-16(2,3)23-15(21)19-7-6-18-12-9-14(20)22-13-5-4-10(17)8-11(12)13/h4-5,8-9,18H,6-7H2,1-3H3,(H,19,21). The molecule has 0 saturated carbocycles. The fourth-order valence-electron chi connectivity index (χ4n) is 1.96.